The number of β-lactam (4-membered cyclic amide) rings is 1. The number of fused-ring (bicyclic) bond motifs is 1. The van der Waals surface area contributed by atoms with Crippen LogP contribution in [0, 0.1) is 0 Å². The molecule has 9 nitrogen and oxygen atoms in total. The minimum atomic E-state index is -1.53. The fourth-order valence-corrected chi connectivity index (χ4v) is 5.10. The molecule has 0 spiro atoms. The number of aliphatic carboxylic acids is 1. The number of carbonyl (C=O) groups excluding carboxylic acids is 4. The van der Waals surface area contributed by atoms with E-state index in [1.54, 1.807) is 6.07 Å². The van der Waals surface area contributed by atoms with Gasteiger partial charge in [0, 0.05) is 23.1 Å². The Morgan fingerprint density at radius 3 is 2.66 bits per heavy atom. The Labute approximate surface area is 197 Å². The van der Waals surface area contributed by atoms with E-state index in [1.807, 2.05) is 11.4 Å². The first-order chi connectivity index (χ1) is 13.3. The molecule has 0 aromatic carbocycles. The average molecular weight is 448 g/mol. The number of hydrogen-bond acceptors (Lipinski definition) is 9. The summed E-state index contributed by atoms with van der Waals surface area (Å²) in [5, 5.41) is 13.8. The minimum Gasteiger partial charge on any atom is -0.543 e. The van der Waals surface area contributed by atoms with E-state index in [0.29, 0.717) is 0 Å². The Bertz CT molecular complexity index is 843. The molecule has 2 amide bonds. The van der Waals surface area contributed by atoms with Crippen LogP contribution in [-0.4, -0.2) is 64.6 Å². The predicted molar refractivity (Wildman–Crippen MR) is 97.4 cm³/mol. The molecule has 0 N–H and O–H groups in total. The third-order valence-electron chi connectivity index (χ3n) is 4.26. The van der Waals surface area contributed by atoms with Gasteiger partial charge in [-0.3, -0.25) is 24.1 Å². The maximum Gasteiger partial charge on any atom is 1.00 e. The van der Waals surface area contributed by atoms with Crippen molar-refractivity contribution < 1.29 is 63.4 Å². The second kappa shape index (κ2) is 10.1. The van der Waals surface area contributed by atoms with Gasteiger partial charge in [-0.15, -0.1) is 23.1 Å². The molecule has 1 aromatic heterocycles. The zero-order chi connectivity index (χ0) is 20.4. The number of carboxylic acid groups (broad SMARTS) is 1. The smallest absolute Gasteiger partial charge is 0.543 e. The van der Waals surface area contributed by atoms with E-state index in [0.717, 1.165) is 14.8 Å². The van der Waals surface area contributed by atoms with Crippen molar-refractivity contribution in [3.8, 4) is 0 Å². The number of esters is 1. The average Bonchev–Trinajstić information content (AvgIpc) is 3.15. The van der Waals surface area contributed by atoms with Gasteiger partial charge in [-0.1, -0.05) is 6.07 Å². The van der Waals surface area contributed by atoms with Crippen LogP contribution in [0.2, 0.25) is 0 Å². The van der Waals surface area contributed by atoms with Crippen LogP contribution in [-0.2, 0) is 35.2 Å². The van der Waals surface area contributed by atoms with E-state index in [1.165, 1.54) is 37.1 Å². The summed E-state index contributed by atoms with van der Waals surface area (Å²) >= 11 is 2.68. The van der Waals surface area contributed by atoms with Gasteiger partial charge in [-0.25, -0.2) is 5.06 Å². The molecule has 1 aromatic rings. The van der Waals surface area contributed by atoms with Gasteiger partial charge in [0.25, 0.3) is 11.8 Å². The van der Waals surface area contributed by atoms with Gasteiger partial charge in [-0.05, 0) is 11.4 Å². The molecular formula is C17H17N2NaO7S2. The number of carboxylic acids is 1. The topological polar surface area (TPSA) is 116 Å². The van der Waals surface area contributed by atoms with Crippen molar-refractivity contribution in [1.82, 2.24) is 9.96 Å². The molecule has 0 radical (unpaired) electrons. The number of amides is 2. The van der Waals surface area contributed by atoms with Crippen LogP contribution in [0.15, 0.2) is 28.8 Å². The van der Waals surface area contributed by atoms with Crippen molar-refractivity contribution in [1.29, 1.82) is 0 Å². The molecule has 1 unspecified atom stereocenters. The summed E-state index contributed by atoms with van der Waals surface area (Å²) in [5.74, 6) is -2.85. The van der Waals surface area contributed by atoms with E-state index >= 15 is 0 Å². The van der Waals surface area contributed by atoms with Gasteiger partial charge in [0.05, 0.1) is 25.2 Å². The monoisotopic (exact) mass is 448 g/mol. The summed E-state index contributed by atoms with van der Waals surface area (Å²) in [7, 11) is 1.29. The number of nitrogens with zero attached hydrogens (tertiary/aromatic N) is 2. The molecule has 3 heterocycles. The van der Waals surface area contributed by atoms with E-state index in [4.69, 9.17) is 9.57 Å². The number of ether oxygens (including phenoxy) is 1. The fraction of sp³-hybridized carbons (Fsp3) is 0.412. The number of hydroxylamine groups is 2. The summed E-state index contributed by atoms with van der Waals surface area (Å²) in [5.41, 5.74) is -0.0369. The molecule has 0 bridgehead atoms. The number of carbonyl (C=O) groups is 4. The number of hydrogen-bond donors (Lipinski definition) is 0. The van der Waals surface area contributed by atoms with Gasteiger partial charge < -0.3 is 14.6 Å². The van der Waals surface area contributed by atoms with E-state index in [9.17, 15) is 24.3 Å². The summed E-state index contributed by atoms with van der Waals surface area (Å²) in [6, 6.07) is 2.69. The molecule has 12 heteroatoms. The summed E-state index contributed by atoms with van der Waals surface area (Å²) < 4.78 is 4.87. The molecular weight excluding hydrogens is 431 g/mol. The van der Waals surface area contributed by atoms with Crippen LogP contribution in [0.5, 0.6) is 0 Å². The van der Waals surface area contributed by atoms with Crippen molar-refractivity contribution in [2.45, 2.75) is 24.8 Å². The van der Waals surface area contributed by atoms with Gasteiger partial charge in [0.15, 0.2) is 6.04 Å². The number of thioether (sulfide) groups is 1. The second-order valence-electron chi connectivity index (χ2n) is 6.03. The van der Waals surface area contributed by atoms with Gasteiger partial charge in [-0.2, -0.15) is 0 Å². The molecule has 1 fully saturated rings. The van der Waals surface area contributed by atoms with Gasteiger partial charge in [0.1, 0.15) is 12.0 Å². The number of thiophene rings is 1. The summed E-state index contributed by atoms with van der Waals surface area (Å²) in [6.07, 6.45) is 0.0769. The maximum atomic E-state index is 12.7. The van der Waals surface area contributed by atoms with Crippen molar-refractivity contribution in [2.75, 3.05) is 19.5 Å². The van der Waals surface area contributed by atoms with Crippen LogP contribution in [0.4, 0.5) is 0 Å². The molecule has 2 aliphatic rings. The SMILES string of the molecule is CON(C(=O)Cc1cccs1)C1C(=O)N2C(C(=O)[O-])=C(COC(C)=O)CS[C@H]12.[Na+]. The van der Waals surface area contributed by atoms with Crippen molar-refractivity contribution >= 4 is 46.9 Å². The Kier molecular flexibility index (Phi) is 8.32. The zero-order valence-electron chi connectivity index (χ0n) is 16.1. The quantitative estimate of drug-likeness (QED) is 0.183. The molecule has 3 rings (SSSR count). The maximum absolute atomic E-state index is 12.7. The zero-order valence-corrected chi connectivity index (χ0v) is 19.7. The Morgan fingerprint density at radius 2 is 2.10 bits per heavy atom. The third kappa shape index (κ3) is 4.86. The summed E-state index contributed by atoms with van der Waals surface area (Å²) in [6.45, 7) is 0.969. The van der Waals surface area contributed by atoms with Crippen LogP contribution < -0.4 is 34.7 Å². The molecule has 0 aliphatic carbocycles. The van der Waals surface area contributed by atoms with E-state index < -0.39 is 35.2 Å². The standard InChI is InChI=1S/C17H18N2O7S2.Na/c1-9(20)26-7-10-8-28-16-14(15(22)18(16)13(10)17(23)24)19(25-2)12(21)6-11-4-3-5-27-11;/h3-5,14,16H,6-8H2,1-2H3,(H,23,24);/q;+1/p-1/t14?,16-;/m1./s1. The van der Waals surface area contributed by atoms with Crippen LogP contribution in [0.25, 0.3) is 0 Å². The van der Waals surface area contributed by atoms with Gasteiger partial charge >= 0.3 is 35.5 Å². The van der Waals surface area contributed by atoms with Crippen molar-refractivity contribution in [2.24, 2.45) is 0 Å². The van der Waals surface area contributed by atoms with Crippen molar-refractivity contribution in [3.05, 3.63) is 33.7 Å². The first-order valence-corrected chi connectivity index (χ1v) is 10.2. The van der Waals surface area contributed by atoms with Gasteiger partial charge in [0.2, 0.25) is 0 Å². The van der Waals surface area contributed by atoms with E-state index in [-0.39, 0.29) is 59.6 Å². The van der Waals surface area contributed by atoms with Crippen LogP contribution in [0.3, 0.4) is 0 Å². The largest absolute Gasteiger partial charge is 1.00 e. The van der Waals surface area contributed by atoms with Crippen LogP contribution in [0.1, 0.15) is 11.8 Å². The van der Waals surface area contributed by atoms with E-state index in [2.05, 4.69) is 0 Å². The minimum absolute atomic E-state index is 0. The number of rotatable bonds is 7. The third-order valence-corrected chi connectivity index (χ3v) is 6.46. The fourth-order valence-electron chi connectivity index (χ4n) is 3.04. The molecule has 1 saturated heterocycles. The Balaban J connectivity index is 0.00000300. The Hall–Kier alpha value is -1.37. The predicted octanol–water partition coefficient (Wildman–Crippen LogP) is -3.46. The molecule has 2 aliphatic heterocycles. The molecule has 150 valence electrons. The normalized spacial score (nSPS) is 20.3. The van der Waals surface area contributed by atoms with Crippen LogP contribution >= 0.6 is 23.1 Å². The first kappa shape index (κ1) is 23.9. The molecule has 0 saturated carbocycles. The van der Waals surface area contributed by atoms with Crippen molar-refractivity contribution in [3.63, 3.8) is 0 Å². The molecule has 2 atom stereocenters. The summed E-state index contributed by atoms with van der Waals surface area (Å²) in [4.78, 5) is 55.0. The second-order valence-corrected chi connectivity index (χ2v) is 8.17. The Morgan fingerprint density at radius 1 is 1.38 bits per heavy atom. The molecule has 29 heavy (non-hydrogen) atoms. The first-order valence-electron chi connectivity index (χ1n) is 8.25.